The van der Waals surface area contributed by atoms with Gasteiger partial charge in [0.15, 0.2) is 11.4 Å². The van der Waals surface area contributed by atoms with Gasteiger partial charge in [-0.3, -0.25) is 14.4 Å². The molecule has 0 saturated heterocycles. The van der Waals surface area contributed by atoms with Crippen molar-refractivity contribution in [3.63, 3.8) is 0 Å². The molecule has 0 spiro atoms. The molecule has 0 fully saturated rings. The number of aliphatic hydroxyl groups is 1. The monoisotopic (exact) mass is 567 g/mol. The number of nitrogens with zero attached hydrogens (tertiary/aromatic N) is 2. The Morgan fingerprint density at radius 3 is 2.49 bits per heavy atom. The summed E-state index contributed by atoms with van der Waals surface area (Å²) in [5.41, 5.74) is -2.80. The number of pyridine rings is 1. The Hall–Kier alpha value is -4.38. The zero-order valence-electron chi connectivity index (χ0n) is 22.4. The number of rotatable bonds is 7. The molecule has 41 heavy (non-hydrogen) atoms. The van der Waals surface area contributed by atoms with E-state index in [1.54, 1.807) is 56.3 Å². The molecule has 5 rings (SSSR count). The summed E-state index contributed by atoms with van der Waals surface area (Å²) in [6.45, 7) is 2.89. The molecule has 2 aliphatic heterocycles. The Morgan fingerprint density at radius 2 is 1.83 bits per heavy atom. The normalized spacial score (nSPS) is 21.3. The molecule has 1 aromatic heterocycles. The second-order valence-electron chi connectivity index (χ2n) is 10.2. The highest BCUT2D eigenvalue weighted by atomic mass is 19.1. The fourth-order valence-corrected chi connectivity index (χ4v) is 5.21. The number of carbonyl (C=O) groups excluding carboxylic acids is 2. The molecule has 3 aromatic rings. The molecule has 2 aliphatic rings. The van der Waals surface area contributed by atoms with Crippen LogP contribution in [0.5, 0.6) is 5.75 Å². The standard InChI is InChI=1S/C30H28F3N3O5/c1-3-30(40)10-9-17(2)35-15-24(30)36-14-21(28(38)34-13-20-22(32)11-19(31)12-23(20)33)26(37)27(25(36)29(35)39)41-16-18-7-5-4-6-8-18/h4-12,14,17,24,40H,3,13,15-16H2,1-2H3,(H,34,38)/t17-,24+,30-/m0/s1. The third kappa shape index (κ3) is 5.13. The lowest BCUT2D eigenvalue weighted by atomic mass is 9.89. The van der Waals surface area contributed by atoms with Crippen LogP contribution >= 0.6 is 0 Å². The van der Waals surface area contributed by atoms with Gasteiger partial charge in [0.2, 0.25) is 5.43 Å². The smallest absolute Gasteiger partial charge is 0.275 e. The van der Waals surface area contributed by atoms with Crippen molar-refractivity contribution >= 4 is 11.8 Å². The van der Waals surface area contributed by atoms with E-state index in [-0.39, 0.29) is 37.1 Å². The van der Waals surface area contributed by atoms with Crippen LogP contribution in [0.3, 0.4) is 0 Å². The predicted molar refractivity (Wildman–Crippen MR) is 143 cm³/mol. The van der Waals surface area contributed by atoms with Crippen LogP contribution in [0.1, 0.15) is 58.3 Å². The Bertz CT molecular complexity index is 1580. The lowest BCUT2D eigenvalue weighted by Gasteiger charge is -2.42. The van der Waals surface area contributed by atoms with Gasteiger partial charge in [0.1, 0.15) is 35.2 Å². The summed E-state index contributed by atoms with van der Waals surface area (Å²) in [7, 11) is 0. The number of hydrogen-bond donors (Lipinski definition) is 2. The predicted octanol–water partition coefficient (Wildman–Crippen LogP) is 3.87. The summed E-state index contributed by atoms with van der Waals surface area (Å²) in [5, 5.41) is 13.9. The maximum Gasteiger partial charge on any atom is 0.275 e. The van der Waals surface area contributed by atoms with Crippen LogP contribution in [0.2, 0.25) is 0 Å². The summed E-state index contributed by atoms with van der Waals surface area (Å²) in [4.78, 5) is 42.2. The van der Waals surface area contributed by atoms with E-state index >= 15 is 0 Å². The van der Waals surface area contributed by atoms with Gasteiger partial charge in [-0.25, -0.2) is 13.2 Å². The van der Waals surface area contributed by atoms with Crippen LogP contribution in [0.4, 0.5) is 13.2 Å². The van der Waals surface area contributed by atoms with Crippen molar-refractivity contribution in [2.45, 2.75) is 51.1 Å². The van der Waals surface area contributed by atoms with Crippen molar-refractivity contribution in [3.8, 4) is 5.75 Å². The number of halogens is 3. The fraction of sp³-hybridized carbons (Fsp3) is 0.300. The first kappa shape index (κ1) is 28.2. The minimum Gasteiger partial charge on any atom is -0.483 e. The highest BCUT2D eigenvalue weighted by molar-refractivity contribution is 5.99. The Balaban J connectivity index is 1.61. The number of hydrogen-bond acceptors (Lipinski definition) is 5. The van der Waals surface area contributed by atoms with E-state index < -0.39 is 64.0 Å². The lowest BCUT2D eigenvalue weighted by Crippen LogP contribution is -2.52. The molecule has 11 heteroatoms. The van der Waals surface area contributed by atoms with E-state index in [9.17, 15) is 32.7 Å². The first-order valence-corrected chi connectivity index (χ1v) is 13.1. The summed E-state index contributed by atoms with van der Waals surface area (Å²) in [6.07, 6.45) is 4.77. The molecule has 8 nitrogen and oxygen atoms in total. The largest absolute Gasteiger partial charge is 0.483 e. The molecule has 2 amide bonds. The molecule has 0 aliphatic carbocycles. The number of nitrogens with one attached hydrogen (secondary N) is 1. The summed E-state index contributed by atoms with van der Waals surface area (Å²) in [5.74, 6) is -5.40. The summed E-state index contributed by atoms with van der Waals surface area (Å²) < 4.78 is 49.0. The quantitative estimate of drug-likeness (QED) is 0.423. The van der Waals surface area contributed by atoms with Gasteiger partial charge in [-0.2, -0.15) is 0 Å². The maximum atomic E-state index is 14.2. The van der Waals surface area contributed by atoms with E-state index in [4.69, 9.17) is 4.74 Å². The van der Waals surface area contributed by atoms with E-state index in [0.29, 0.717) is 17.7 Å². The molecule has 3 atom stereocenters. The lowest BCUT2D eigenvalue weighted by molar-refractivity contribution is 0.00616. The average molecular weight is 568 g/mol. The van der Waals surface area contributed by atoms with Crippen LogP contribution in [0.25, 0.3) is 0 Å². The second-order valence-corrected chi connectivity index (χ2v) is 10.2. The van der Waals surface area contributed by atoms with Gasteiger partial charge in [-0.05, 0) is 18.9 Å². The molecule has 2 bridgehead atoms. The number of ether oxygens (including phenoxy) is 1. The summed E-state index contributed by atoms with van der Waals surface area (Å²) in [6, 6.07) is 8.68. The van der Waals surface area contributed by atoms with E-state index in [2.05, 4.69) is 5.32 Å². The van der Waals surface area contributed by atoms with Crippen LogP contribution in [-0.2, 0) is 13.2 Å². The van der Waals surface area contributed by atoms with E-state index in [1.165, 1.54) is 15.7 Å². The van der Waals surface area contributed by atoms with Gasteiger partial charge >= 0.3 is 0 Å². The maximum absolute atomic E-state index is 14.2. The average Bonchev–Trinajstić information content (AvgIpc) is 3.06. The van der Waals surface area contributed by atoms with Crippen molar-refractivity contribution in [3.05, 3.63) is 111 Å². The zero-order valence-corrected chi connectivity index (χ0v) is 22.4. The number of fused-ring (bicyclic) bond motifs is 4. The molecular formula is C30H28F3N3O5. The van der Waals surface area contributed by atoms with Crippen LogP contribution in [0.15, 0.2) is 65.6 Å². The molecule has 2 N–H and O–H groups in total. The second kappa shape index (κ2) is 10.9. The Morgan fingerprint density at radius 1 is 1.15 bits per heavy atom. The van der Waals surface area contributed by atoms with Crippen molar-refractivity contribution in [2.75, 3.05) is 6.54 Å². The number of benzene rings is 2. The van der Waals surface area contributed by atoms with Gasteiger partial charge in [0, 0.05) is 43.0 Å². The highest BCUT2D eigenvalue weighted by Crippen LogP contribution is 2.39. The third-order valence-corrected chi connectivity index (χ3v) is 7.66. The first-order chi connectivity index (χ1) is 19.5. The fourth-order valence-electron chi connectivity index (χ4n) is 5.21. The van der Waals surface area contributed by atoms with Gasteiger partial charge < -0.3 is 24.6 Å². The van der Waals surface area contributed by atoms with Crippen molar-refractivity contribution in [1.82, 2.24) is 14.8 Å². The van der Waals surface area contributed by atoms with E-state index in [1.807, 2.05) is 0 Å². The van der Waals surface area contributed by atoms with E-state index in [0.717, 1.165) is 0 Å². The number of amides is 2. The van der Waals surface area contributed by atoms with Crippen molar-refractivity contribution in [1.29, 1.82) is 0 Å². The molecule has 0 radical (unpaired) electrons. The SMILES string of the molecule is CC[C@]1(O)C=C[C@H](C)N2C[C@H]1n1cc(C(=O)NCc3c(F)cc(F)cc3F)c(=O)c(OCc3ccccc3)c1C2=O. The minimum atomic E-state index is -1.43. The van der Waals surface area contributed by atoms with Gasteiger partial charge in [-0.15, -0.1) is 0 Å². The summed E-state index contributed by atoms with van der Waals surface area (Å²) >= 11 is 0. The topological polar surface area (TPSA) is 101 Å². The molecule has 3 heterocycles. The molecular weight excluding hydrogens is 539 g/mol. The van der Waals surface area contributed by atoms with Crippen LogP contribution in [-0.4, -0.2) is 44.6 Å². The molecule has 0 unspecified atom stereocenters. The first-order valence-electron chi connectivity index (χ1n) is 13.1. The Kier molecular flexibility index (Phi) is 7.48. The molecule has 214 valence electrons. The molecule has 2 aromatic carbocycles. The van der Waals surface area contributed by atoms with Crippen LogP contribution in [0, 0.1) is 17.5 Å². The Labute approximate surface area is 233 Å². The van der Waals surface area contributed by atoms with Gasteiger partial charge in [-0.1, -0.05) is 49.4 Å². The van der Waals surface area contributed by atoms with Gasteiger partial charge in [0.25, 0.3) is 11.8 Å². The molecule has 0 saturated carbocycles. The van der Waals surface area contributed by atoms with Gasteiger partial charge in [0.05, 0.1) is 6.04 Å². The third-order valence-electron chi connectivity index (χ3n) is 7.66. The number of carbonyl (C=O) groups is 2. The van der Waals surface area contributed by atoms with Crippen LogP contribution < -0.4 is 15.5 Å². The zero-order chi connectivity index (χ0) is 29.5. The van der Waals surface area contributed by atoms with Crippen molar-refractivity contribution in [2.24, 2.45) is 0 Å². The minimum absolute atomic E-state index is 0.0933. The number of aromatic nitrogens is 1. The highest BCUT2D eigenvalue weighted by Gasteiger charge is 2.46. The van der Waals surface area contributed by atoms with Crippen molar-refractivity contribution < 1.29 is 32.6 Å².